The van der Waals surface area contributed by atoms with Gasteiger partial charge in [0.15, 0.2) is 0 Å². The number of piperidine rings is 1. The number of carbonyl (C=O) groups is 1. The molecule has 2 unspecified atom stereocenters. The predicted molar refractivity (Wildman–Crippen MR) is 85.5 cm³/mol. The monoisotopic (exact) mass is 313 g/mol. The maximum absolute atomic E-state index is 12.0. The fourth-order valence-corrected chi connectivity index (χ4v) is 2.48. The lowest BCUT2D eigenvalue weighted by Crippen LogP contribution is -2.52. The molecule has 0 aromatic carbocycles. The van der Waals surface area contributed by atoms with Gasteiger partial charge in [-0.2, -0.15) is 0 Å². The van der Waals surface area contributed by atoms with Crippen LogP contribution in [0.25, 0.3) is 0 Å². The second kappa shape index (κ2) is 8.79. The van der Waals surface area contributed by atoms with E-state index in [4.69, 9.17) is 5.73 Å². The van der Waals surface area contributed by atoms with Crippen molar-refractivity contribution >= 4 is 24.3 Å². The smallest absolute Gasteiger partial charge is 0.237 e. The molecule has 1 amide bonds. The van der Waals surface area contributed by atoms with Gasteiger partial charge in [0.1, 0.15) is 0 Å². The molecule has 2 rings (SSSR count). The number of rotatable bonds is 5. The topological polar surface area (TPSA) is 84.1 Å². The lowest BCUT2D eigenvalue weighted by Gasteiger charge is -2.33. The molecule has 1 saturated heterocycles. The lowest BCUT2D eigenvalue weighted by atomic mass is 10.0. The molecule has 2 heterocycles. The number of anilines is 1. The zero-order chi connectivity index (χ0) is 14.4. The zero-order valence-corrected chi connectivity index (χ0v) is 13.2. The first kappa shape index (κ1) is 17.7. The third kappa shape index (κ3) is 5.13. The molecule has 1 aromatic heterocycles. The van der Waals surface area contributed by atoms with Crippen LogP contribution in [-0.2, 0) is 4.79 Å². The summed E-state index contributed by atoms with van der Waals surface area (Å²) in [5.41, 5.74) is 5.84. The molecule has 2 atom stereocenters. The molecular formula is C14H24ClN5O. The van der Waals surface area contributed by atoms with E-state index in [2.05, 4.69) is 20.2 Å². The second-order valence-electron chi connectivity index (χ2n) is 5.24. The number of nitrogens with two attached hydrogens (primary N) is 1. The van der Waals surface area contributed by atoms with E-state index in [1.165, 1.54) is 0 Å². The highest BCUT2D eigenvalue weighted by Crippen LogP contribution is 2.15. The SMILES string of the molecule is CCCC(N)C(=O)NC1CCCN(c2ncccn2)C1.Cl. The van der Waals surface area contributed by atoms with Crippen molar-refractivity contribution in [1.82, 2.24) is 15.3 Å². The van der Waals surface area contributed by atoms with E-state index in [1.54, 1.807) is 18.5 Å². The summed E-state index contributed by atoms with van der Waals surface area (Å²) in [5.74, 6) is 0.678. The van der Waals surface area contributed by atoms with Gasteiger partial charge in [0.2, 0.25) is 11.9 Å². The molecule has 7 heteroatoms. The molecule has 118 valence electrons. The number of aromatic nitrogens is 2. The van der Waals surface area contributed by atoms with Crippen molar-refractivity contribution in [1.29, 1.82) is 0 Å². The van der Waals surface area contributed by atoms with E-state index >= 15 is 0 Å². The summed E-state index contributed by atoms with van der Waals surface area (Å²) in [4.78, 5) is 22.6. The number of carbonyl (C=O) groups excluding carboxylic acids is 1. The van der Waals surface area contributed by atoms with Crippen LogP contribution < -0.4 is 16.0 Å². The van der Waals surface area contributed by atoms with Gasteiger partial charge in [-0.05, 0) is 25.3 Å². The summed E-state index contributed by atoms with van der Waals surface area (Å²) >= 11 is 0. The molecule has 0 spiro atoms. The first-order chi connectivity index (χ1) is 9.70. The summed E-state index contributed by atoms with van der Waals surface area (Å²) in [7, 11) is 0. The van der Waals surface area contributed by atoms with Crippen LogP contribution in [0.5, 0.6) is 0 Å². The van der Waals surface area contributed by atoms with Crippen LogP contribution >= 0.6 is 12.4 Å². The Bertz CT molecular complexity index is 431. The minimum Gasteiger partial charge on any atom is -0.350 e. The van der Waals surface area contributed by atoms with Gasteiger partial charge in [-0.1, -0.05) is 13.3 Å². The molecule has 1 fully saturated rings. The van der Waals surface area contributed by atoms with Crippen LogP contribution in [0.4, 0.5) is 5.95 Å². The standard InChI is InChI=1S/C14H23N5O.ClH/c1-2-5-12(15)13(20)18-11-6-3-9-19(10-11)14-16-7-4-8-17-14;/h4,7-8,11-12H,2-3,5-6,9-10,15H2,1H3,(H,18,20);1H. The second-order valence-corrected chi connectivity index (χ2v) is 5.24. The first-order valence-electron chi connectivity index (χ1n) is 7.28. The van der Waals surface area contributed by atoms with Crippen LogP contribution in [-0.4, -0.2) is 41.0 Å². The molecule has 21 heavy (non-hydrogen) atoms. The van der Waals surface area contributed by atoms with Crippen molar-refractivity contribution in [2.75, 3.05) is 18.0 Å². The summed E-state index contributed by atoms with van der Waals surface area (Å²) < 4.78 is 0. The predicted octanol–water partition coefficient (Wildman–Crippen LogP) is 1.11. The lowest BCUT2D eigenvalue weighted by molar-refractivity contribution is -0.123. The Morgan fingerprint density at radius 1 is 1.52 bits per heavy atom. The normalized spacial score (nSPS) is 19.5. The largest absolute Gasteiger partial charge is 0.350 e. The molecular weight excluding hydrogens is 290 g/mol. The molecule has 0 aliphatic carbocycles. The molecule has 6 nitrogen and oxygen atoms in total. The van der Waals surface area contributed by atoms with Crippen molar-refractivity contribution in [3.8, 4) is 0 Å². The third-order valence-corrected chi connectivity index (χ3v) is 3.54. The summed E-state index contributed by atoms with van der Waals surface area (Å²) in [6.45, 7) is 3.70. The molecule has 1 aliphatic rings. The van der Waals surface area contributed by atoms with Crippen LogP contribution in [0.2, 0.25) is 0 Å². The van der Waals surface area contributed by atoms with Crippen LogP contribution in [0.1, 0.15) is 32.6 Å². The average molecular weight is 314 g/mol. The van der Waals surface area contributed by atoms with Gasteiger partial charge in [-0.3, -0.25) is 4.79 Å². The van der Waals surface area contributed by atoms with Crippen molar-refractivity contribution < 1.29 is 4.79 Å². The average Bonchev–Trinajstić information content (AvgIpc) is 2.48. The minimum atomic E-state index is -0.400. The highest BCUT2D eigenvalue weighted by molar-refractivity contribution is 5.85. The van der Waals surface area contributed by atoms with E-state index in [0.29, 0.717) is 0 Å². The van der Waals surface area contributed by atoms with Crippen LogP contribution in [0.15, 0.2) is 18.5 Å². The van der Waals surface area contributed by atoms with Crippen LogP contribution in [0.3, 0.4) is 0 Å². The Hall–Kier alpha value is -1.40. The van der Waals surface area contributed by atoms with E-state index in [0.717, 1.165) is 44.7 Å². The van der Waals surface area contributed by atoms with E-state index in [1.807, 2.05) is 6.92 Å². The Balaban J connectivity index is 0.00000220. The molecule has 0 bridgehead atoms. The molecule has 0 saturated carbocycles. The van der Waals surface area contributed by atoms with Gasteiger partial charge in [0.25, 0.3) is 0 Å². The number of nitrogens with zero attached hydrogens (tertiary/aromatic N) is 3. The van der Waals surface area contributed by atoms with Crippen molar-refractivity contribution in [3.63, 3.8) is 0 Å². The van der Waals surface area contributed by atoms with Gasteiger partial charge in [-0.25, -0.2) is 9.97 Å². The van der Waals surface area contributed by atoms with Crippen molar-refractivity contribution in [3.05, 3.63) is 18.5 Å². The summed E-state index contributed by atoms with van der Waals surface area (Å²) in [6, 6.07) is 1.53. The van der Waals surface area contributed by atoms with Crippen molar-refractivity contribution in [2.24, 2.45) is 5.73 Å². The maximum atomic E-state index is 12.0. The fourth-order valence-electron chi connectivity index (χ4n) is 2.48. The van der Waals surface area contributed by atoms with Crippen LogP contribution in [0, 0.1) is 0 Å². The van der Waals surface area contributed by atoms with E-state index in [9.17, 15) is 4.79 Å². The summed E-state index contributed by atoms with van der Waals surface area (Å²) in [6.07, 6.45) is 7.12. The summed E-state index contributed by atoms with van der Waals surface area (Å²) in [5, 5.41) is 3.04. The van der Waals surface area contributed by atoms with Crippen molar-refractivity contribution in [2.45, 2.75) is 44.7 Å². The Morgan fingerprint density at radius 2 is 2.24 bits per heavy atom. The number of amides is 1. The fraction of sp³-hybridized carbons (Fsp3) is 0.643. The number of halogens is 1. The van der Waals surface area contributed by atoms with Gasteiger partial charge in [0.05, 0.1) is 6.04 Å². The molecule has 1 aliphatic heterocycles. The third-order valence-electron chi connectivity index (χ3n) is 3.54. The Morgan fingerprint density at radius 3 is 2.90 bits per heavy atom. The number of hydrogen-bond donors (Lipinski definition) is 2. The highest BCUT2D eigenvalue weighted by atomic mass is 35.5. The molecule has 3 N–H and O–H groups in total. The van der Waals surface area contributed by atoms with Gasteiger partial charge >= 0.3 is 0 Å². The Labute approximate surface area is 131 Å². The highest BCUT2D eigenvalue weighted by Gasteiger charge is 2.24. The quantitative estimate of drug-likeness (QED) is 0.850. The zero-order valence-electron chi connectivity index (χ0n) is 12.4. The van der Waals surface area contributed by atoms with Gasteiger partial charge in [-0.15, -0.1) is 12.4 Å². The number of nitrogens with one attached hydrogen (secondary N) is 1. The number of hydrogen-bond acceptors (Lipinski definition) is 5. The molecule has 0 radical (unpaired) electrons. The van der Waals surface area contributed by atoms with Gasteiger partial charge in [0, 0.05) is 31.5 Å². The van der Waals surface area contributed by atoms with Gasteiger partial charge < -0.3 is 16.0 Å². The Kier molecular flexibility index (Phi) is 7.39. The first-order valence-corrected chi connectivity index (χ1v) is 7.28. The van der Waals surface area contributed by atoms with E-state index < -0.39 is 6.04 Å². The maximum Gasteiger partial charge on any atom is 0.237 e. The van der Waals surface area contributed by atoms with E-state index in [-0.39, 0.29) is 24.4 Å². The minimum absolute atomic E-state index is 0. The molecule has 1 aromatic rings.